The average Bonchev–Trinajstić information content (AvgIpc) is 2.97. The van der Waals surface area contributed by atoms with Gasteiger partial charge >= 0.3 is 13.8 Å². The molecule has 0 aliphatic heterocycles. The number of ether oxygens (including phenoxy) is 2. The van der Waals surface area contributed by atoms with Crippen molar-refractivity contribution in [2.45, 2.75) is 174 Å². The molecule has 0 saturated carbocycles. The smallest absolute Gasteiger partial charge is 0.457 e. The summed E-state index contributed by atoms with van der Waals surface area (Å²) in [5, 5.41) is 0. The van der Waals surface area contributed by atoms with Crippen molar-refractivity contribution in [1.82, 2.24) is 0 Å². The quantitative estimate of drug-likeness (QED) is 0.0414. The van der Waals surface area contributed by atoms with Crippen LogP contribution >= 0.6 is 7.82 Å². The molecular formula is C33H68NO7P. The molecule has 0 fully saturated rings. The molecule has 0 aliphatic rings. The minimum Gasteiger partial charge on any atom is -0.457 e. The number of unbranched alkanes of at least 4 members (excludes halogenated alkanes) is 21. The minimum absolute atomic E-state index is 0.0907. The number of carbonyl (C=O) groups excluding carboxylic acids is 1. The van der Waals surface area contributed by atoms with E-state index < -0.39 is 13.9 Å². The number of rotatable bonds is 34. The van der Waals surface area contributed by atoms with Crippen molar-refractivity contribution in [2.75, 3.05) is 33.0 Å². The second kappa shape index (κ2) is 31.9. The summed E-state index contributed by atoms with van der Waals surface area (Å²) in [5.41, 5.74) is 5.34. The number of carbonyl (C=O) groups is 1. The summed E-state index contributed by atoms with van der Waals surface area (Å²) in [6.07, 6.45) is 28.2. The molecule has 0 bridgehead atoms. The van der Waals surface area contributed by atoms with Gasteiger partial charge in [0.05, 0.1) is 19.8 Å². The van der Waals surface area contributed by atoms with E-state index in [0.717, 1.165) is 32.1 Å². The zero-order valence-electron chi connectivity index (χ0n) is 27.5. The Morgan fingerprint density at radius 1 is 0.619 bits per heavy atom. The topological polar surface area (TPSA) is 117 Å². The van der Waals surface area contributed by atoms with Gasteiger partial charge in [0, 0.05) is 19.6 Å². The van der Waals surface area contributed by atoms with Crippen molar-refractivity contribution in [3.63, 3.8) is 0 Å². The Balaban J connectivity index is 4.10. The largest absolute Gasteiger partial charge is 0.472 e. The first kappa shape index (κ1) is 41.5. The molecule has 0 aromatic carbocycles. The fourth-order valence-corrected chi connectivity index (χ4v) is 5.70. The monoisotopic (exact) mass is 621 g/mol. The fourth-order valence-electron chi connectivity index (χ4n) is 4.94. The average molecular weight is 622 g/mol. The lowest BCUT2D eigenvalue weighted by Gasteiger charge is -2.20. The lowest BCUT2D eigenvalue weighted by Crippen LogP contribution is -2.28. The molecule has 0 aromatic rings. The van der Waals surface area contributed by atoms with E-state index in [0.29, 0.717) is 13.0 Å². The summed E-state index contributed by atoms with van der Waals surface area (Å²) in [5.74, 6) is -0.330. The molecule has 42 heavy (non-hydrogen) atoms. The van der Waals surface area contributed by atoms with Gasteiger partial charge in [-0.1, -0.05) is 149 Å². The molecule has 0 aromatic heterocycles. The molecule has 252 valence electrons. The second-order valence-corrected chi connectivity index (χ2v) is 13.2. The zero-order chi connectivity index (χ0) is 31.0. The Morgan fingerprint density at radius 3 is 1.50 bits per heavy atom. The van der Waals surface area contributed by atoms with Crippen LogP contribution in [0.25, 0.3) is 0 Å². The van der Waals surface area contributed by atoms with Gasteiger partial charge in [0.25, 0.3) is 0 Å². The van der Waals surface area contributed by atoms with Crippen LogP contribution in [0.2, 0.25) is 0 Å². The standard InChI is InChI=1S/C33H68NO7P/c1-3-5-7-9-11-13-15-17-19-21-23-25-28-38-30-32(31-40-42(36,37)39-29-27-34)41-33(35)26-24-22-20-18-16-14-12-10-8-6-4-2/h32H,3-31,34H2,1-2H3,(H,36,37). The molecule has 3 N–H and O–H groups in total. The predicted octanol–water partition coefficient (Wildman–Crippen LogP) is 9.41. The van der Waals surface area contributed by atoms with Crippen molar-refractivity contribution in [2.24, 2.45) is 5.73 Å². The van der Waals surface area contributed by atoms with Gasteiger partial charge in [-0.15, -0.1) is 0 Å². The third-order valence-corrected chi connectivity index (χ3v) is 8.51. The molecule has 0 radical (unpaired) electrons. The normalized spacial score (nSPS) is 13.7. The van der Waals surface area contributed by atoms with Gasteiger partial charge in [0.2, 0.25) is 0 Å². The van der Waals surface area contributed by atoms with Crippen LogP contribution in [0, 0.1) is 0 Å². The Hall–Kier alpha value is -0.500. The molecule has 0 spiro atoms. The first-order chi connectivity index (χ1) is 20.4. The van der Waals surface area contributed by atoms with Gasteiger partial charge in [-0.05, 0) is 12.8 Å². The number of phosphoric ester groups is 1. The Bertz CT molecular complexity index is 623. The number of hydrogen-bond donors (Lipinski definition) is 2. The van der Waals surface area contributed by atoms with Crippen molar-refractivity contribution < 1.29 is 32.8 Å². The van der Waals surface area contributed by atoms with Crippen LogP contribution in [0.5, 0.6) is 0 Å². The van der Waals surface area contributed by atoms with Crippen LogP contribution in [0.4, 0.5) is 0 Å². The van der Waals surface area contributed by atoms with Crippen molar-refractivity contribution in [3.8, 4) is 0 Å². The number of nitrogens with two attached hydrogens (primary N) is 1. The summed E-state index contributed by atoms with van der Waals surface area (Å²) in [6, 6.07) is 0. The van der Waals surface area contributed by atoms with Gasteiger partial charge in [0.15, 0.2) is 0 Å². The predicted molar refractivity (Wildman–Crippen MR) is 174 cm³/mol. The molecular weight excluding hydrogens is 553 g/mol. The SMILES string of the molecule is CCCCCCCCCCCCCCOCC(COP(=O)(O)OCCN)OC(=O)CCCCCCCCCCCCC. The van der Waals surface area contributed by atoms with E-state index in [1.807, 2.05) is 0 Å². The van der Waals surface area contributed by atoms with Crippen molar-refractivity contribution in [1.29, 1.82) is 0 Å². The molecule has 2 unspecified atom stereocenters. The molecule has 0 heterocycles. The Kier molecular flexibility index (Phi) is 31.5. The van der Waals surface area contributed by atoms with E-state index in [2.05, 4.69) is 13.8 Å². The highest BCUT2D eigenvalue weighted by Crippen LogP contribution is 2.43. The molecule has 9 heteroatoms. The summed E-state index contributed by atoms with van der Waals surface area (Å²) < 4.78 is 33.2. The fraction of sp³-hybridized carbons (Fsp3) is 0.970. The van der Waals surface area contributed by atoms with Crippen LogP contribution in [0.1, 0.15) is 168 Å². The summed E-state index contributed by atoms with van der Waals surface area (Å²) in [4.78, 5) is 22.3. The van der Waals surface area contributed by atoms with Gasteiger partial charge < -0.3 is 20.1 Å². The van der Waals surface area contributed by atoms with Crippen LogP contribution in [0.15, 0.2) is 0 Å². The molecule has 0 aliphatic carbocycles. The lowest BCUT2D eigenvalue weighted by molar-refractivity contribution is -0.154. The van der Waals surface area contributed by atoms with E-state index in [1.165, 1.54) is 116 Å². The van der Waals surface area contributed by atoms with E-state index in [-0.39, 0.29) is 32.3 Å². The number of esters is 1. The van der Waals surface area contributed by atoms with E-state index in [9.17, 15) is 14.3 Å². The molecule has 0 rings (SSSR count). The van der Waals surface area contributed by atoms with Crippen LogP contribution < -0.4 is 5.73 Å². The van der Waals surface area contributed by atoms with E-state index in [4.69, 9.17) is 24.3 Å². The Morgan fingerprint density at radius 2 is 1.05 bits per heavy atom. The van der Waals surface area contributed by atoms with Crippen LogP contribution in [-0.2, 0) is 27.9 Å². The molecule has 0 saturated heterocycles. The first-order valence-electron chi connectivity index (χ1n) is 17.5. The summed E-state index contributed by atoms with van der Waals surface area (Å²) in [7, 11) is -4.25. The van der Waals surface area contributed by atoms with Gasteiger partial charge in [-0.2, -0.15) is 0 Å². The summed E-state index contributed by atoms with van der Waals surface area (Å²) in [6.45, 7) is 4.93. The van der Waals surface area contributed by atoms with Crippen LogP contribution in [0.3, 0.4) is 0 Å². The number of phosphoric acid groups is 1. The zero-order valence-corrected chi connectivity index (χ0v) is 28.4. The minimum atomic E-state index is -4.25. The number of hydrogen-bond acceptors (Lipinski definition) is 7. The van der Waals surface area contributed by atoms with Gasteiger partial charge in [-0.3, -0.25) is 13.8 Å². The first-order valence-corrected chi connectivity index (χ1v) is 19.0. The van der Waals surface area contributed by atoms with Gasteiger partial charge in [-0.25, -0.2) is 4.57 Å². The molecule has 8 nitrogen and oxygen atoms in total. The summed E-state index contributed by atoms with van der Waals surface area (Å²) >= 11 is 0. The highest BCUT2D eigenvalue weighted by atomic mass is 31.2. The van der Waals surface area contributed by atoms with E-state index in [1.54, 1.807) is 0 Å². The van der Waals surface area contributed by atoms with Crippen LogP contribution in [-0.4, -0.2) is 49.9 Å². The van der Waals surface area contributed by atoms with Gasteiger partial charge in [0.1, 0.15) is 6.10 Å². The highest BCUT2D eigenvalue weighted by molar-refractivity contribution is 7.47. The third-order valence-electron chi connectivity index (χ3n) is 7.52. The Labute approximate surface area is 259 Å². The third kappa shape index (κ3) is 30.9. The van der Waals surface area contributed by atoms with Crippen molar-refractivity contribution >= 4 is 13.8 Å². The maximum Gasteiger partial charge on any atom is 0.472 e. The molecule has 2 atom stereocenters. The molecule has 0 amide bonds. The second-order valence-electron chi connectivity index (χ2n) is 11.7. The lowest BCUT2D eigenvalue weighted by atomic mass is 10.1. The maximum absolute atomic E-state index is 12.4. The van der Waals surface area contributed by atoms with E-state index >= 15 is 0 Å². The van der Waals surface area contributed by atoms with Crippen molar-refractivity contribution in [3.05, 3.63) is 0 Å². The highest BCUT2D eigenvalue weighted by Gasteiger charge is 2.25. The maximum atomic E-state index is 12.4.